The molecule has 2 aromatic carbocycles. The fourth-order valence-corrected chi connectivity index (χ4v) is 2.71. The summed E-state index contributed by atoms with van der Waals surface area (Å²) in [7, 11) is 0. The molecule has 0 aliphatic carbocycles. The van der Waals surface area contributed by atoms with Crippen LogP contribution in [0, 0.1) is 23.4 Å². The van der Waals surface area contributed by atoms with Crippen LogP contribution in [0.2, 0.25) is 0 Å². The maximum Gasteiger partial charge on any atom is 0.251 e. The quantitative estimate of drug-likeness (QED) is 0.701. The molecule has 0 bridgehead atoms. The summed E-state index contributed by atoms with van der Waals surface area (Å²) in [4.78, 5) is 25.1. The van der Waals surface area contributed by atoms with Gasteiger partial charge in [0.1, 0.15) is 6.04 Å². The maximum atomic E-state index is 13.8. The first-order chi connectivity index (χ1) is 13.4. The van der Waals surface area contributed by atoms with Gasteiger partial charge in [0.15, 0.2) is 17.5 Å². The van der Waals surface area contributed by atoms with Crippen LogP contribution in [0.25, 0.3) is 0 Å². The Bertz CT molecular complexity index is 904. The van der Waals surface area contributed by atoms with Gasteiger partial charge < -0.3 is 10.6 Å². The lowest BCUT2D eigenvalue weighted by Gasteiger charge is -2.22. The summed E-state index contributed by atoms with van der Waals surface area (Å²) in [6.07, 6.45) is 0. The van der Waals surface area contributed by atoms with E-state index in [0.29, 0.717) is 11.6 Å². The monoisotopic (exact) mass is 406 g/mol. The smallest absolute Gasteiger partial charge is 0.251 e. The fraction of sp³-hybridized carbons (Fsp3) is 0.364. The van der Waals surface area contributed by atoms with Crippen molar-refractivity contribution in [1.29, 1.82) is 0 Å². The number of hydrogen-bond acceptors (Lipinski definition) is 2. The zero-order valence-corrected chi connectivity index (χ0v) is 17.1. The highest BCUT2D eigenvalue weighted by Gasteiger charge is 2.26. The van der Waals surface area contributed by atoms with E-state index in [-0.39, 0.29) is 11.3 Å². The molecule has 2 amide bonds. The molecule has 0 spiro atoms. The number of rotatable bonds is 5. The van der Waals surface area contributed by atoms with Crippen LogP contribution < -0.4 is 10.6 Å². The highest BCUT2D eigenvalue weighted by Crippen LogP contribution is 2.23. The van der Waals surface area contributed by atoms with E-state index in [0.717, 1.165) is 11.6 Å². The minimum atomic E-state index is -1.67. The molecule has 0 heterocycles. The summed E-state index contributed by atoms with van der Waals surface area (Å²) in [5.74, 6) is -6.06. The lowest BCUT2D eigenvalue weighted by molar-refractivity contribution is -0.118. The number of nitrogens with one attached hydrogen (secondary N) is 2. The highest BCUT2D eigenvalue weighted by molar-refractivity contribution is 6.01. The first-order valence-corrected chi connectivity index (χ1v) is 9.27. The number of hydrogen-bond donors (Lipinski definition) is 2. The van der Waals surface area contributed by atoms with Crippen molar-refractivity contribution < 1.29 is 22.8 Å². The van der Waals surface area contributed by atoms with Crippen LogP contribution in [-0.4, -0.2) is 17.9 Å². The van der Waals surface area contributed by atoms with Gasteiger partial charge in [-0.05, 0) is 41.2 Å². The molecule has 0 unspecified atom stereocenters. The number of carbonyl (C=O) groups excluding carboxylic acids is 2. The third kappa shape index (κ3) is 5.37. The standard InChI is InChI=1S/C22H25F3N2O2/c1-12(2)19(21(29)26-16-11-10-15(23)17(24)18(16)25)27-20(28)13-6-8-14(9-7-13)22(3,4)5/h6-12,19H,1-5H3,(H,26,29)(H,27,28)/t19-/m0/s1. The van der Waals surface area contributed by atoms with Crippen LogP contribution in [0.5, 0.6) is 0 Å². The second-order valence-corrected chi connectivity index (χ2v) is 8.23. The van der Waals surface area contributed by atoms with E-state index in [1.807, 2.05) is 12.1 Å². The van der Waals surface area contributed by atoms with Gasteiger partial charge in [0.25, 0.3) is 5.91 Å². The third-order valence-corrected chi connectivity index (χ3v) is 4.54. The molecule has 29 heavy (non-hydrogen) atoms. The minimum Gasteiger partial charge on any atom is -0.340 e. The van der Waals surface area contributed by atoms with E-state index in [2.05, 4.69) is 31.4 Å². The van der Waals surface area contributed by atoms with E-state index < -0.39 is 41.0 Å². The number of anilines is 1. The number of halogens is 3. The molecule has 0 saturated heterocycles. The van der Waals surface area contributed by atoms with Crippen LogP contribution in [0.4, 0.5) is 18.9 Å². The molecule has 7 heteroatoms. The molecule has 2 rings (SSSR count). The zero-order chi connectivity index (χ0) is 21.9. The van der Waals surface area contributed by atoms with Crippen molar-refractivity contribution in [2.45, 2.75) is 46.1 Å². The van der Waals surface area contributed by atoms with Crippen LogP contribution in [-0.2, 0) is 10.2 Å². The number of benzene rings is 2. The van der Waals surface area contributed by atoms with Crippen LogP contribution in [0.15, 0.2) is 36.4 Å². The molecule has 0 aliphatic rings. The first-order valence-electron chi connectivity index (χ1n) is 9.27. The zero-order valence-electron chi connectivity index (χ0n) is 17.1. The SMILES string of the molecule is CC(C)[C@H](NC(=O)c1ccc(C(C)(C)C)cc1)C(=O)Nc1ccc(F)c(F)c1F. The van der Waals surface area contributed by atoms with Gasteiger partial charge in [-0.25, -0.2) is 13.2 Å². The summed E-state index contributed by atoms with van der Waals surface area (Å²) in [5.41, 5.74) is 0.865. The van der Waals surface area contributed by atoms with Gasteiger partial charge in [0, 0.05) is 5.56 Å². The molecular formula is C22H25F3N2O2. The van der Waals surface area contributed by atoms with E-state index in [1.54, 1.807) is 26.0 Å². The Hall–Kier alpha value is -2.83. The Labute approximate surface area is 168 Å². The average Bonchev–Trinajstić information content (AvgIpc) is 2.65. The van der Waals surface area contributed by atoms with Crippen molar-refractivity contribution in [3.63, 3.8) is 0 Å². The largest absolute Gasteiger partial charge is 0.340 e. The second kappa shape index (κ2) is 8.68. The molecule has 0 aliphatic heterocycles. The molecule has 0 radical (unpaired) electrons. The number of carbonyl (C=O) groups is 2. The minimum absolute atomic E-state index is 0.0656. The van der Waals surface area contributed by atoms with Gasteiger partial charge in [-0.3, -0.25) is 9.59 Å². The van der Waals surface area contributed by atoms with E-state index in [4.69, 9.17) is 0 Å². The van der Waals surface area contributed by atoms with Crippen molar-refractivity contribution in [1.82, 2.24) is 5.32 Å². The highest BCUT2D eigenvalue weighted by atomic mass is 19.2. The van der Waals surface area contributed by atoms with E-state index >= 15 is 0 Å². The van der Waals surface area contributed by atoms with Gasteiger partial charge in [-0.2, -0.15) is 0 Å². The number of amides is 2. The van der Waals surface area contributed by atoms with E-state index in [1.165, 1.54) is 0 Å². The summed E-state index contributed by atoms with van der Waals surface area (Å²) in [6.45, 7) is 9.57. The Morgan fingerprint density at radius 1 is 0.897 bits per heavy atom. The lowest BCUT2D eigenvalue weighted by atomic mass is 9.86. The predicted molar refractivity (Wildman–Crippen MR) is 106 cm³/mol. The summed E-state index contributed by atoms with van der Waals surface area (Å²) in [5, 5.41) is 4.83. The second-order valence-electron chi connectivity index (χ2n) is 8.23. The Kier molecular flexibility index (Phi) is 6.72. The van der Waals surface area contributed by atoms with Crippen LogP contribution in [0.1, 0.15) is 50.5 Å². The molecule has 1 atom stereocenters. The molecule has 2 N–H and O–H groups in total. The molecule has 4 nitrogen and oxygen atoms in total. The molecule has 0 aromatic heterocycles. The Morgan fingerprint density at radius 3 is 2.00 bits per heavy atom. The normalized spacial score (nSPS) is 12.6. The summed E-state index contributed by atoms with van der Waals surface area (Å²) in [6, 6.07) is 7.66. The lowest BCUT2D eigenvalue weighted by Crippen LogP contribution is -2.47. The third-order valence-electron chi connectivity index (χ3n) is 4.54. The van der Waals surface area contributed by atoms with Gasteiger partial charge >= 0.3 is 0 Å². The molecule has 0 fully saturated rings. The van der Waals surface area contributed by atoms with Gasteiger partial charge in [0.2, 0.25) is 5.91 Å². The maximum absolute atomic E-state index is 13.8. The van der Waals surface area contributed by atoms with Crippen molar-refractivity contribution in [3.05, 3.63) is 65.0 Å². The Balaban J connectivity index is 2.16. The fourth-order valence-electron chi connectivity index (χ4n) is 2.71. The molecule has 0 saturated carbocycles. The predicted octanol–water partition coefficient (Wildman–Crippen LogP) is 4.79. The van der Waals surface area contributed by atoms with Gasteiger partial charge in [-0.15, -0.1) is 0 Å². The average molecular weight is 406 g/mol. The van der Waals surface area contributed by atoms with Crippen molar-refractivity contribution in [2.75, 3.05) is 5.32 Å². The van der Waals surface area contributed by atoms with E-state index in [9.17, 15) is 22.8 Å². The summed E-state index contributed by atoms with van der Waals surface area (Å²) < 4.78 is 40.3. The van der Waals surface area contributed by atoms with Crippen molar-refractivity contribution >= 4 is 17.5 Å². The van der Waals surface area contributed by atoms with Gasteiger partial charge in [0.05, 0.1) is 5.69 Å². The van der Waals surface area contributed by atoms with Crippen molar-refractivity contribution in [3.8, 4) is 0 Å². The van der Waals surface area contributed by atoms with Crippen molar-refractivity contribution in [2.24, 2.45) is 5.92 Å². The van der Waals surface area contributed by atoms with Gasteiger partial charge in [-0.1, -0.05) is 46.8 Å². The summed E-state index contributed by atoms with van der Waals surface area (Å²) >= 11 is 0. The molecule has 2 aromatic rings. The topological polar surface area (TPSA) is 58.2 Å². The van der Waals surface area contributed by atoms with Crippen LogP contribution in [0.3, 0.4) is 0 Å². The Morgan fingerprint density at radius 2 is 1.48 bits per heavy atom. The first kappa shape index (κ1) is 22.5. The molecule has 156 valence electrons. The molecular weight excluding hydrogens is 381 g/mol. The van der Waals surface area contributed by atoms with Crippen LogP contribution >= 0.6 is 0 Å².